The Labute approximate surface area is 86.6 Å². The quantitative estimate of drug-likeness (QED) is 0.684. The Morgan fingerprint density at radius 2 is 2.07 bits per heavy atom. The number of carbonyl (C=O) groups is 1. The van der Waals surface area contributed by atoms with Crippen LogP contribution in [0, 0.1) is 11.8 Å². The summed E-state index contributed by atoms with van der Waals surface area (Å²) in [5, 5.41) is 0. The van der Waals surface area contributed by atoms with Crippen LogP contribution in [0.1, 0.15) is 39.5 Å². The van der Waals surface area contributed by atoms with Crippen LogP contribution in [0.2, 0.25) is 0 Å². The second-order valence-corrected chi connectivity index (χ2v) is 4.24. The fourth-order valence-corrected chi connectivity index (χ4v) is 1.98. The molecule has 0 bridgehead atoms. The summed E-state index contributed by atoms with van der Waals surface area (Å²) < 4.78 is 0. The summed E-state index contributed by atoms with van der Waals surface area (Å²) >= 11 is 0. The van der Waals surface area contributed by atoms with Gasteiger partial charge in [-0.1, -0.05) is 38.8 Å². The second-order valence-electron chi connectivity index (χ2n) is 4.24. The lowest BCUT2D eigenvalue weighted by atomic mass is 9.90. The molecule has 2 N–H and O–H groups in total. The van der Waals surface area contributed by atoms with Crippen LogP contribution in [0.15, 0.2) is 12.2 Å². The summed E-state index contributed by atoms with van der Waals surface area (Å²) in [4.78, 5) is 11.8. The van der Waals surface area contributed by atoms with Crippen molar-refractivity contribution < 1.29 is 4.79 Å². The molecule has 0 saturated carbocycles. The van der Waals surface area contributed by atoms with Gasteiger partial charge in [-0.3, -0.25) is 4.79 Å². The largest absolute Gasteiger partial charge is 0.324 e. The van der Waals surface area contributed by atoms with Gasteiger partial charge >= 0.3 is 0 Å². The fraction of sp³-hybridized carbons (Fsp3) is 0.750. The number of rotatable bonds is 5. The Hall–Kier alpha value is -0.630. The van der Waals surface area contributed by atoms with Crippen molar-refractivity contribution in [3.63, 3.8) is 0 Å². The van der Waals surface area contributed by atoms with E-state index in [0.717, 1.165) is 25.7 Å². The standard InChI is InChI=1S/C12H21NO/c1-3-9(4-2)7-12(14)10-5-6-11(13)8-10/h5-6,9-11H,3-4,7-8,13H2,1-2H3. The van der Waals surface area contributed by atoms with E-state index in [0.29, 0.717) is 11.7 Å². The third kappa shape index (κ3) is 2.95. The minimum absolute atomic E-state index is 0.102. The topological polar surface area (TPSA) is 43.1 Å². The number of carbonyl (C=O) groups excluding carboxylic acids is 1. The summed E-state index contributed by atoms with van der Waals surface area (Å²) in [7, 11) is 0. The Kier molecular flexibility index (Phi) is 4.33. The van der Waals surface area contributed by atoms with E-state index < -0.39 is 0 Å². The van der Waals surface area contributed by atoms with Gasteiger partial charge in [0, 0.05) is 18.4 Å². The van der Waals surface area contributed by atoms with Crippen molar-refractivity contribution in [2.75, 3.05) is 0 Å². The van der Waals surface area contributed by atoms with Crippen LogP contribution in [-0.2, 0) is 4.79 Å². The highest BCUT2D eigenvalue weighted by Crippen LogP contribution is 2.22. The first-order chi connectivity index (χ1) is 6.67. The molecule has 14 heavy (non-hydrogen) atoms. The van der Waals surface area contributed by atoms with Gasteiger partial charge < -0.3 is 5.73 Å². The molecule has 80 valence electrons. The molecule has 2 unspecified atom stereocenters. The summed E-state index contributed by atoms with van der Waals surface area (Å²) in [5.41, 5.74) is 5.72. The van der Waals surface area contributed by atoms with E-state index >= 15 is 0 Å². The second kappa shape index (κ2) is 5.30. The SMILES string of the molecule is CCC(CC)CC(=O)C1C=CC(N)C1. The lowest BCUT2D eigenvalue weighted by molar-refractivity contribution is -0.122. The minimum atomic E-state index is 0.102. The molecule has 2 nitrogen and oxygen atoms in total. The molecule has 0 heterocycles. The Bertz CT molecular complexity index is 218. The lowest BCUT2D eigenvalue weighted by Crippen LogP contribution is -2.20. The number of hydrogen-bond donors (Lipinski definition) is 1. The van der Waals surface area contributed by atoms with Crippen LogP contribution < -0.4 is 5.73 Å². The van der Waals surface area contributed by atoms with E-state index in [1.54, 1.807) is 0 Å². The smallest absolute Gasteiger partial charge is 0.140 e. The van der Waals surface area contributed by atoms with Gasteiger partial charge in [-0.2, -0.15) is 0 Å². The zero-order chi connectivity index (χ0) is 10.6. The van der Waals surface area contributed by atoms with E-state index in [1.807, 2.05) is 12.2 Å². The van der Waals surface area contributed by atoms with Gasteiger partial charge in [0.05, 0.1) is 0 Å². The normalized spacial score (nSPS) is 26.0. The van der Waals surface area contributed by atoms with Crippen LogP contribution in [0.4, 0.5) is 0 Å². The minimum Gasteiger partial charge on any atom is -0.324 e. The van der Waals surface area contributed by atoms with Crippen molar-refractivity contribution in [2.24, 2.45) is 17.6 Å². The molecule has 1 rings (SSSR count). The van der Waals surface area contributed by atoms with Gasteiger partial charge in [0.1, 0.15) is 5.78 Å². The predicted octanol–water partition coefficient (Wildman–Crippen LogP) is 2.29. The maximum Gasteiger partial charge on any atom is 0.140 e. The molecule has 0 aromatic heterocycles. The summed E-state index contributed by atoms with van der Waals surface area (Å²) in [6, 6.07) is 0.102. The monoisotopic (exact) mass is 195 g/mol. The number of hydrogen-bond acceptors (Lipinski definition) is 2. The Balaban J connectivity index is 2.39. The van der Waals surface area contributed by atoms with Crippen LogP contribution in [0.25, 0.3) is 0 Å². The molecule has 0 radical (unpaired) electrons. The van der Waals surface area contributed by atoms with Crippen molar-refractivity contribution in [3.05, 3.63) is 12.2 Å². The van der Waals surface area contributed by atoms with E-state index in [2.05, 4.69) is 13.8 Å². The summed E-state index contributed by atoms with van der Waals surface area (Å²) in [6.45, 7) is 4.30. The van der Waals surface area contributed by atoms with Crippen molar-refractivity contribution in [1.29, 1.82) is 0 Å². The molecule has 0 aromatic carbocycles. The van der Waals surface area contributed by atoms with E-state index in [4.69, 9.17) is 5.73 Å². The third-order valence-corrected chi connectivity index (χ3v) is 3.17. The van der Waals surface area contributed by atoms with Crippen molar-refractivity contribution in [2.45, 2.75) is 45.6 Å². The maximum absolute atomic E-state index is 11.8. The average molecular weight is 195 g/mol. The van der Waals surface area contributed by atoms with Crippen LogP contribution in [0.3, 0.4) is 0 Å². The molecule has 2 heteroatoms. The Morgan fingerprint density at radius 3 is 2.50 bits per heavy atom. The van der Waals surface area contributed by atoms with Gasteiger partial charge in [-0.15, -0.1) is 0 Å². The number of allylic oxidation sites excluding steroid dienone is 1. The highest BCUT2D eigenvalue weighted by atomic mass is 16.1. The molecular formula is C12H21NO. The molecule has 0 fully saturated rings. The average Bonchev–Trinajstić information content (AvgIpc) is 2.61. The van der Waals surface area contributed by atoms with Gasteiger partial charge in [-0.25, -0.2) is 0 Å². The van der Waals surface area contributed by atoms with E-state index in [1.165, 1.54) is 0 Å². The fourth-order valence-electron chi connectivity index (χ4n) is 1.98. The first-order valence-electron chi connectivity index (χ1n) is 5.64. The van der Waals surface area contributed by atoms with Gasteiger partial charge in [0.15, 0.2) is 0 Å². The van der Waals surface area contributed by atoms with Gasteiger partial charge in [0.25, 0.3) is 0 Å². The van der Waals surface area contributed by atoms with Gasteiger partial charge in [0.2, 0.25) is 0 Å². The van der Waals surface area contributed by atoms with Crippen LogP contribution in [-0.4, -0.2) is 11.8 Å². The number of ketones is 1. The molecule has 0 spiro atoms. The summed E-state index contributed by atoms with van der Waals surface area (Å²) in [6.07, 6.45) is 7.69. The molecule has 1 aliphatic rings. The van der Waals surface area contributed by atoms with E-state index in [-0.39, 0.29) is 12.0 Å². The Morgan fingerprint density at radius 1 is 1.43 bits per heavy atom. The first-order valence-corrected chi connectivity index (χ1v) is 5.64. The van der Waals surface area contributed by atoms with Gasteiger partial charge in [-0.05, 0) is 12.3 Å². The zero-order valence-electron chi connectivity index (χ0n) is 9.20. The molecule has 2 atom stereocenters. The lowest BCUT2D eigenvalue weighted by Gasteiger charge is -2.14. The number of Topliss-reactive ketones (excluding diaryl/α,β-unsaturated/α-hetero) is 1. The zero-order valence-corrected chi connectivity index (χ0v) is 9.20. The summed E-state index contributed by atoms with van der Waals surface area (Å²) in [5.74, 6) is 1.04. The van der Waals surface area contributed by atoms with Crippen molar-refractivity contribution >= 4 is 5.78 Å². The maximum atomic E-state index is 11.8. The van der Waals surface area contributed by atoms with Crippen LogP contribution in [0.5, 0.6) is 0 Å². The predicted molar refractivity (Wildman–Crippen MR) is 58.9 cm³/mol. The van der Waals surface area contributed by atoms with Crippen molar-refractivity contribution in [1.82, 2.24) is 0 Å². The molecule has 1 aliphatic carbocycles. The molecule has 0 saturated heterocycles. The number of nitrogens with two attached hydrogens (primary N) is 1. The first kappa shape index (κ1) is 11.4. The molecule has 0 amide bonds. The van der Waals surface area contributed by atoms with E-state index in [9.17, 15) is 4.79 Å². The molecule has 0 aliphatic heterocycles. The highest BCUT2D eigenvalue weighted by molar-refractivity contribution is 5.83. The van der Waals surface area contributed by atoms with Crippen molar-refractivity contribution in [3.8, 4) is 0 Å². The molecule has 0 aromatic rings. The van der Waals surface area contributed by atoms with Crippen LogP contribution >= 0.6 is 0 Å². The molecular weight excluding hydrogens is 174 g/mol. The highest BCUT2D eigenvalue weighted by Gasteiger charge is 2.23. The third-order valence-electron chi connectivity index (χ3n) is 3.17.